The predicted molar refractivity (Wildman–Crippen MR) is 80.5 cm³/mol. The van der Waals surface area contributed by atoms with Crippen LogP contribution in [-0.2, 0) is 9.53 Å². The fraction of sp³-hybridized carbons (Fsp3) is 0.562. The van der Waals surface area contributed by atoms with Crippen molar-refractivity contribution in [3.63, 3.8) is 0 Å². The molecule has 2 aliphatic rings. The number of halogens is 1. The molecule has 1 aromatic rings. The number of nitrogens with one attached hydrogen (secondary N) is 2. The van der Waals surface area contributed by atoms with Crippen LogP contribution < -0.4 is 10.9 Å². The molecule has 5 nitrogen and oxygen atoms in total. The highest BCUT2D eigenvalue weighted by atomic mass is 19.1. The molecule has 3 atom stereocenters. The largest absolute Gasteiger partial charge is 0.375 e. The Hall–Kier alpha value is -1.50. The van der Waals surface area contributed by atoms with Crippen molar-refractivity contribution in [1.82, 2.24) is 15.8 Å². The minimum atomic E-state index is -0.249. The summed E-state index contributed by atoms with van der Waals surface area (Å²) in [6.07, 6.45) is 0.748. The third-order valence-corrected chi connectivity index (χ3v) is 4.34. The number of hydrazine groups is 1. The van der Waals surface area contributed by atoms with E-state index in [1.54, 1.807) is 13.0 Å². The highest BCUT2D eigenvalue weighted by molar-refractivity contribution is 5.82. The van der Waals surface area contributed by atoms with Crippen LogP contribution in [0.15, 0.2) is 18.2 Å². The van der Waals surface area contributed by atoms with Crippen molar-refractivity contribution in [1.29, 1.82) is 0 Å². The number of ether oxygens (including phenoxy) is 1. The van der Waals surface area contributed by atoms with Crippen molar-refractivity contribution in [2.45, 2.75) is 38.5 Å². The zero-order valence-corrected chi connectivity index (χ0v) is 12.9. The van der Waals surface area contributed by atoms with E-state index in [9.17, 15) is 9.18 Å². The molecule has 0 bridgehead atoms. The Morgan fingerprint density at radius 3 is 2.95 bits per heavy atom. The van der Waals surface area contributed by atoms with Gasteiger partial charge in [-0.25, -0.2) is 15.2 Å². The average molecular weight is 307 g/mol. The molecule has 22 heavy (non-hydrogen) atoms. The second kappa shape index (κ2) is 6.32. The number of morpholine rings is 1. The summed E-state index contributed by atoms with van der Waals surface area (Å²) in [4.78, 5) is 14.4. The first-order valence-corrected chi connectivity index (χ1v) is 7.72. The lowest BCUT2D eigenvalue weighted by atomic mass is 9.99. The number of amides is 1. The van der Waals surface area contributed by atoms with Crippen LogP contribution in [0.1, 0.15) is 30.5 Å². The van der Waals surface area contributed by atoms with E-state index in [1.165, 1.54) is 6.07 Å². The minimum absolute atomic E-state index is 0.0201. The third-order valence-electron chi connectivity index (χ3n) is 4.34. The van der Waals surface area contributed by atoms with E-state index in [-0.39, 0.29) is 29.9 Å². The van der Waals surface area contributed by atoms with Gasteiger partial charge in [-0.15, -0.1) is 0 Å². The maximum absolute atomic E-state index is 13.4. The molecule has 0 aliphatic carbocycles. The topological polar surface area (TPSA) is 53.6 Å². The molecule has 0 aromatic heterocycles. The van der Waals surface area contributed by atoms with Gasteiger partial charge in [-0.3, -0.25) is 4.79 Å². The first-order valence-electron chi connectivity index (χ1n) is 7.72. The lowest BCUT2D eigenvalue weighted by Gasteiger charge is -2.32. The monoisotopic (exact) mass is 307 g/mol. The highest BCUT2D eigenvalue weighted by Crippen LogP contribution is 2.25. The molecule has 3 rings (SSSR count). The molecule has 2 N–H and O–H groups in total. The number of nitrogens with zero attached hydrogens (tertiary/aromatic N) is 1. The van der Waals surface area contributed by atoms with Gasteiger partial charge in [-0.1, -0.05) is 12.1 Å². The summed E-state index contributed by atoms with van der Waals surface area (Å²) in [5, 5.41) is 0. The molecule has 1 aromatic carbocycles. The van der Waals surface area contributed by atoms with Gasteiger partial charge in [0.2, 0.25) is 5.91 Å². The van der Waals surface area contributed by atoms with Crippen LogP contribution in [0.5, 0.6) is 0 Å². The van der Waals surface area contributed by atoms with Gasteiger partial charge in [0, 0.05) is 19.1 Å². The van der Waals surface area contributed by atoms with Gasteiger partial charge < -0.3 is 9.64 Å². The Balaban J connectivity index is 1.64. The summed E-state index contributed by atoms with van der Waals surface area (Å²) in [7, 11) is 0. The van der Waals surface area contributed by atoms with Crippen molar-refractivity contribution < 1.29 is 13.9 Å². The summed E-state index contributed by atoms with van der Waals surface area (Å²) in [6.45, 7) is 5.59. The van der Waals surface area contributed by atoms with Gasteiger partial charge in [0.1, 0.15) is 11.9 Å². The standard InChI is InChI=1S/C16H22FN3O2/c1-10-7-12(3-4-13(10)17)14-8-15(19-18-14)16(21)20-5-6-22-11(2)9-20/h3-4,7,11,14-15,18-19H,5-6,8-9H2,1-2H3. The summed E-state index contributed by atoms with van der Waals surface area (Å²) in [5.41, 5.74) is 7.84. The highest BCUT2D eigenvalue weighted by Gasteiger charge is 2.34. The summed E-state index contributed by atoms with van der Waals surface area (Å²) >= 11 is 0. The number of carbonyl (C=O) groups is 1. The number of benzene rings is 1. The third kappa shape index (κ3) is 3.14. The van der Waals surface area contributed by atoms with Gasteiger partial charge >= 0.3 is 0 Å². The van der Waals surface area contributed by atoms with Crippen molar-refractivity contribution in [2.24, 2.45) is 0 Å². The Bertz CT molecular complexity index is 566. The molecule has 120 valence electrons. The molecule has 1 amide bonds. The van der Waals surface area contributed by atoms with E-state index >= 15 is 0 Å². The van der Waals surface area contributed by atoms with E-state index in [2.05, 4.69) is 10.9 Å². The van der Waals surface area contributed by atoms with Crippen LogP contribution in [0.2, 0.25) is 0 Å². The molecule has 0 spiro atoms. The Morgan fingerprint density at radius 1 is 1.41 bits per heavy atom. The zero-order valence-electron chi connectivity index (χ0n) is 12.9. The zero-order chi connectivity index (χ0) is 15.7. The van der Waals surface area contributed by atoms with Crippen molar-refractivity contribution >= 4 is 5.91 Å². The molecule has 3 unspecified atom stereocenters. The summed E-state index contributed by atoms with van der Waals surface area (Å²) in [5.74, 6) is -0.103. The second-order valence-corrected chi connectivity index (χ2v) is 6.10. The van der Waals surface area contributed by atoms with Gasteiger partial charge in [0.15, 0.2) is 0 Å². The number of aryl methyl sites for hydroxylation is 1. The predicted octanol–water partition coefficient (Wildman–Crippen LogP) is 1.29. The van der Waals surface area contributed by atoms with E-state index in [0.29, 0.717) is 31.7 Å². The van der Waals surface area contributed by atoms with Crippen LogP contribution in [0.25, 0.3) is 0 Å². The fourth-order valence-corrected chi connectivity index (χ4v) is 3.06. The maximum atomic E-state index is 13.4. The fourth-order valence-electron chi connectivity index (χ4n) is 3.06. The summed E-state index contributed by atoms with van der Waals surface area (Å²) < 4.78 is 18.8. The van der Waals surface area contributed by atoms with Gasteiger partial charge in [-0.2, -0.15) is 0 Å². The van der Waals surface area contributed by atoms with Gasteiger partial charge in [-0.05, 0) is 37.5 Å². The molecule has 6 heteroatoms. The number of carbonyl (C=O) groups excluding carboxylic acids is 1. The van der Waals surface area contributed by atoms with Crippen LogP contribution in [0, 0.1) is 12.7 Å². The van der Waals surface area contributed by atoms with Crippen LogP contribution in [-0.4, -0.2) is 42.6 Å². The van der Waals surface area contributed by atoms with E-state index < -0.39 is 0 Å². The number of hydrogen-bond donors (Lipinski definition) is 2. The SMILES string of the molecule is Cc1cc(C2CC(C(=O)N3CCOC(C)C3)NN2)ccc1F. The Morgan fingerprint density at radius 2 is 2.23 bits per heavy atom. The quantitative estimate of drug-likeness (QED) is 0.864. The number of hydrogen-bond acceptors (Lipinski definition) is 4. The molecular weight excluding hydrogens is 285 g/mol. The molecule has 2 heterocycles. The first-order chi connectivity index (χ1) is 10.5. The van der Waals surface area contributed by atoms with Crippen molar-refractivity contribution in [3.8, 4) is 0 Å². The van der Waals surface area contributed by atoms with Crippen molar-refractivity contribution in [2.75, 3.05) is 19.7 Å². The summed E-state index contributed by atoms with van der Waals surface area (Å²) in [6, 6.07) is 4.85. The number of rotatable bonds is 2. The van der Waals surface area contributed by atoms with Crippen molar-refractivity contribution in [3.05, 3.63) is 35.1 Å². The first kappa shape index (κ1) is 15.4. The van der Waals surface area contributed by atoms with Crippen LogP contribution in [0.3, 0.4) is 0 Å². The Kier molecular flexibility index (Phi) is 4.42. The maximum Gasteiger partial charge on any atom is 0.241 e. The van der Waals surface area contributed by atoms with E-state index in [0.717, 1.165) is 5.56 Å². The van der Waals surface area contributed by atoms with Gasteiger partial charge in [0.05, 0.1) is 12.7 Å². The van der Waals surface area contributed by atoms with E-state index in [1.807, 2.05) is 17.9 Å². The van der Waals surface area contributed by atoms with Crippen LogP contribution in [0.4, 0.5) is 4.39 Å². The molecule has 0 radical (unpaired) electrons. The molecule has 0 saturated carbocycles. The minimum Gasteiger partial charge on any atom is -0.375 e. The lowest BCUT2D eigenvalue weighted by Crippen LogP contribution is -2.51. The molecule has 2 saturated heterocycles. The second-order valence-electron chi connectivity index (χ2n) is 6.10. The normalized spacial score (nSPS) is 28.9. The Labute approximate surface area is 129 Å². The van der Waals surface area contributed by atoms with E-state index in [4.69, 9.17) is 4.74 Å². The molecular formula is C16H22FN3O2. The average Bonchev–Trinajstić information content (AvgIpc) is 2.99. The molecule has 2 aliphatic heterocycles. The van der Waals surface area contributed by atoms with Crippen LogP contribution >= 0.6 is 0 Å². The smallest absolute Gasteiger partial charge is 0.241 e. The molecule has 2 fully saturated rings. The van der Waals surface area contributed by atoms with Gasteiger partial charge in [0.25, 0.3) is 0 Å². The lowest BCUT2D eigenvalue weighted by molar-refractivity contribution is -0.140.